The maximum atomic E-state index is 11.6. The van der Waals surface area contributed by atoms with Crippen LogP contribution in [-0.4, -0.2) is 24.2 Å². The minimum Gasteiger partial charge on any atom is -0.481 e. The van der Waals surface area contributed by atoms with E-state index in [1.54, 1.807) is 0 Å². The highest BCUT2D eigenvalue weighted by Crippen LogP contribution is 2.45. The Labute approximate surface area is 138 Å². The molecule has 1 aliphatic carbocycles. The fourth-order valence-electron chi connectivity index (χ4n) is 4.44. The highest BCUT2D eigenvalue weighted by Gasteiger charge is 2.39. The predicted octanol–water partition coefficient (Wildman–Crippen LogP) is 4.04. The smallest absolute Gasteiger partial charge is 0.307 e. The van der Waals surface area contributed by atoms with Crippen LogP contribution in [0.2, 0.25) is 0 Å². The Morgan fingerprint density at radius 2 is 1.70 bits per heavy atom. The van der Waals surface area contributed by atoms with Crippen LogP contribution in [0.3, 0.4) is 0 Å². The molecule has 23 heavy (non-hydrogen) atoms. The molecule has 2 N–H and O–H groups in total. The van der Waals surface area contributed by atoms with Gasteiger partial charge in [0, 0.05) is 5.41 Å². The van der Waals surface area contributed by atoms with Gasteiger partial charge in [-0.25, -0.2) is 0 Å². The Morgan fingerprint density at radius 1 is 1.04 bits per heavy atom. The summed E-state index contributed by atoms with van der Waals surface area (Å²) in [6, 6.07) is 10.6. The van der Waals surface area contributed by atoms with Crippen LogP contribution in [0.5, 0.6) is 0 Å². The molecule has 3 nitrogen and oxygen atoms in total. The first-order valence-electron chi connectivity index (χ1n) is 8.92. The van der Waals surface area contributed by atoms with E-state index in [0.717, 1.165) is 38.8 Å². The summed E-state index contributed by atoms with van der Waals surface area (Å²) >= 11 is 0. The lowest BCUT2D eigenvalue weighted by molar-refractivity contribution is -0.136. The number of rotatable bonds is 4. The van der Waals surface area contributed by atoms with Crippen LogP contribution in [0, 0.1) is 0 Å². The molecule has 0 radical (unpaired) electrons. The zero-order valence-electron chi connectivity index (χ0n) is 13.8. The van der Waals surface area contributed by atoms with Gasteiger partial charge < -0.3 is 10.4 Å². The number of nitrogens with one attached hydrogen (secondary N) is 1. The highest BCUT2D eigenvalue weighted by molar-refractivity contribution is 5.71. The molecule has 1 heterocycles. The molecule has 2 aliphatic rings. The Morgan fingerprint density at radius 3 is 2.30 bits per heavy atom. The molecule has 3 heteroatoms. The molecule has 1 saturated carbocycles. The molecule has 1 aromatic rings. The van der Waals surface area contributed by atoms with Crippen molar-refractivity contribution in [2.45, 2.75) is 56.8 Å². The van der Waals surface area contributed by atoms with Crippen molar-refractivity contribution >= 4 is 5.97 Å². The lowest BCUT2D eigenvalue weighted by Crippen LogP contribution is -2.42. The Kier molecular flexibility index (Phi) is 5.16. The van der Waals surface area contributed by atoms with Crippen molar-refractivity contribution in [3.8, 4) is 0 Å². The maximum absolute atomic E-state index is 11.6. The molecule has 1 saturated heterocycles. The van der Waals surface area contributed by atoms with E-state index in [1.165, 1.54) is 36.0 Å². The van der Waals surface area contributed by atoms with Crippen molar-refractivity contribution in [3.05, 3.63) is 47.0 Å². The van der Waals surface area contributed by atoms with Crippen molar-refractivity contribution in [1.82, 2.24) is 5.32 Å². The minimum absolute atomic E-state index is 0.0857. The fraction of sp³-hybridized carbons (Fsp3) is 0.550. The number of aliphatic carboxylic acids is 1. The summed E-state index contributed by atoms with van der Waals surface area (Å²) in [6.07, 6.45) is 8.08. The van der Waals surface area contributed by atoms with E-state index in [1.807, 2.05) is 6.07 Å². The maximum Gasteiger partial charge on any atom is 0.307 e. The monoisotopic (exact) mass is 313 g/mol. The standard InChI is InChI=1S/C20H27NO2/c22-19(23)15-18(16-7-3-1-4-8-16)20(11-13-21-14-12-20)17-9-5-2-6-10-17/h2,5-6,9-10,21H,1,3-4,7-8,11-15H2,(H,22,23). The zero-order valence-corrected chi connectivity index (χ0v) is 13.8. The largest absolute Gasteiger partial charge is 0.481 e. The third-order valence-corrected chi connectivity index (χ3v) is 5.57. The van der Waals surface area contributed by atoms with Crippen LogP contribution in [-0.2, 0) is 10.2 Å². The van der Waals surface area contributed by atoms with Crippen LogP contribution in [0.4, 0.5) is 0 Å². The molecular weight excluding hydrogens is 286 g/mol. The summed E-state index contributed by atoms with van der Waals surface area (Å²) in [7, 11) is 0. The molecule has 1 aliphatic heterocycles. The summed E-state index contributed by atoms with van der Waals surface area (Å²) in [4.78, 5) is 11.6. The summed E-state index contributed by atoms with van der Waals surface area (Å²) in [5.41, 5.74) is 3.87. The SMILES string of the molecule is O=C(O)CC(=C1CCCCC1)C1(c2ccccc2)CCNCC1. The van der Waals surface area contributed by atoms with E-state index in [0.29, 0.717) is 0 Å². The molecule has 3 rings (SSSR count). The molecule has 1 aromatic carbocycles. The van der Waals surface area contributed by atoms with Gasteiger partial charge in [0.05, 0.1) is 6.42 Å². The highest BCUT2D eigenvalue weighted by atomic mass is 16.4. The van der Waals surface area contributed by atoms with Crippen LogP contribution in [0.25, 0.3) is 0 Å². The van der Waals surface area contributed by atoms with E-state index in [-0.39, 0.29) is 11.8 Å². The molecule has 0 aromatic heterocycles. The summed E-state index contributed by atoms with van der Waals surface area (Å²) < 4.78 is 0. The molecule has 124 valence electrons. The number of piperidine rings is 1. The van der Waals surface area contributed by atoms with Gasteiger partial charge in [-0.2, -0.15) is 0 Å². The predicted molar refractivity (Wildman–Crippen MR) is 92.6 cm³/mol. The van der Waals surface area contributed by atoms with E-state index < -0.39 is 5.97 Å². The van der Waals surface area contributed by atoms with E-state index in [4.69, 9.17) is 0 Å². The lowest BCUT2D eigenvalue weighted by Gasteiger charge is -2.42. The third kappa shape index (κ3) is 3.50. The second-order valence-corrected chi connectivity index (χ2v) is 6.91. The lowest BCUT2D eigenvalue weighted by atomic mass is 9.64. The van der Waals surface area contributed by atoms with Gasteiger partial charge in [0.25, 0.3) is 0 Å². The van der Waals surface area contributed by atoms with E-state index in [9.17, 15) is 9.90 Å². The van der Waals surface area contributed by atoms with Crippen LogP contribution in [0.15, 0.2) is 41.5 Å². The summed E-state index contributed by atoms with van der Waals surface area (Å²) in [5.74, 6) is -0.688. The number of hydrogen-bond donors (Lipinski definition) is 2. The summed E-state index contributed by atoms with van der Waals surface area (Å²) in [6.45, 7) is 1.93. The summed E-state index contributed by atoms with van der Waals surface area (Å²) in [5, 5.41) is 13.0. The number of carbonyl (C=O) groups is 1. The molecule has 0 amide bonds. The third-order valence-electron chi connectivity index (χ3n) is 5.57. The van der Waals surface area contributed by atoms with E-state index >= 15 is 0 Å². The number of carboxylic acids is 1. The molecule has 0 unspecified atom stereocenters. The number of carboxylic acid groups (broad SMARTS) is 1. The normalized spacial score (nSPS) is 21.0. The van der Waals surface area contributed by atoms with Crippen LogP contribution in [0.1, 0.15) is 56.9 Å². The van der Waals surface area contributed by atoms with Gasteiger partial charge in [0.1, 0.15) is 0 Å². The molecule has 0 spiro atoms. The van der Waals surface area contributed by atoms with Gasteiger partial charge in [0.15, 0.2) is 0 Å². The van der Waals surface area contributed by atoms with Crippen molar-refractivity contribution < 1.29 is 9.90 Å². The Bertz CT molecular complexity index is 563. The quantitative estimate of drug-likeness (QED) is 0.825. The van der Waals surface area contributed by atoms with Crippen molar-refractivity contribution in [2.24, 2.45) is 0 Å². The van der Waals surface area contributed by atoms with Gasteiger partial charge in [0.2, 0.25) is 0 Å². The van der Waals surface area contributed by atoms with Gasteiger partial charge in [-0.1, -0.05) is 42.3 Å². The van der Waals surface area contributed by atoms with Gasteiger partial charge >= 0.3 is 5.97 Å². The van der Waals surface area contributed by atoms with Crippen molar-refractivity contribution in [3.63, 3.8) is 0 Å². The topological polar surface area (TPSA) is 49.3 Å². The zero-order chi connectivity index (χ0) is 16.1. The van der Waals surface area contributed by atoms with Gasteiger partial charge in [-0.3, -0.25) is 4.79 Å². The van der Waals surface area contributed by atoms with E-state index in [2.05, 4.69) is 29.6 Å². The molecule has 0 bridgehead atoms. The average Bonchev–Trinajstić information content (AvgIpc) is 2.62. The minimum atomic E-state index is -0.688. The second kappa shape index (κ2) is 7.31. The fourth-order valence-corrected chi connectivity index (χ4v) is 4.44. The number of allylic oxidation sites excluding steroid dienone is 1. The van der Waals surface area contributed by atoms with Crippen molar-refractivity contribution in [2.75, 3.05) is 13.1 Å². The number of benzene rings is 1. The van der Waals surface area contributed by atoms with Crippen LogP contribution < -0.4 is 5.32 Å². The van der Waals surface area contributed by atoms with Crippen LogP contribution >= 0.6 is 0 Å². The average molecular weight is 313 g/mol. The first-order valence-corrected chi connectivity index (χ1v) is 8.92. The molecule has 2 fully saturated rings. The molecular formula is C20H27NO2. The first-order chi connectivity index (χ1) is 11.2. The van der Waals surface area contributed by atoms with Gasteiger partial charge in [-0.15, -0.1) is 0 Å². The van der Waals surface area contributed by atoms with Gasteiger partial charge in [-0.05, 0) is 62.8 Å². The Hall–Kier alpha value is -1.61. The molecule has 0 atom stereocenters. The van der Waals surface area contributed by atoms with Crippen molar-refractivity contribution in [1.29, 1.82) is 0 Å². The Balaban J connectivity index is 2.09. The second-order valence-electron chi connectivity index (χ2n) is 6.91. The first kappa shape index (κ1) is 16.3. The number of hydrogen-bond acceptors (Lipinski definition) is 2.